The summed E-state index contributed by atoms with van der Waals surface area (Å²) in [6.45, 7) is 1.35. The molecule has 0 fully saturated rings. The van der Waals surface area contributed by atoms with E-state index in [1.165, 1.54) is 25.2 Å². The first-order chi connectivity index (χ1) is 11.4. The molecule has 0 aliphatic heterocycles. The monoisotopic (exact) mass is 333 g/mol. The minimum absolute atomic E-state index is 0.0818. The summed E-state index contributed by atoms with van der Waals surface area (Å²) in [7, 11) is 3.04. The van der Waals surface area contributed by atoms with Gasteiger partial charge in [0.1, 0.15) is 23.8 Å². The smallest absolute Gasteiger partial charge is 0.323 e. The van der Waals surface area contributed by atoms with Gasteiger partial charge in [0, 0.05) is 12.6 Å². The van der Waals surface area contributed by atoms with E-state index in [0.29, 0.717) is 22.8 Å². The number of nitrogens with zero attached hydrogens (tertiary/aromatic N) is 1. The third kappa shape index (κ3) is 4.28. The number of methoxy groups -OCH3 is 2. The molecule has 1 amide bonds. The first-order valence-corrected chi connectivity index (χ1v) is 7.22. The Kier molecular flexibility index (Phi) is 5.47. The molecule has 24 heavy (non-hydrogen) atoms. The van der Waals surface area contributed by atoms with Crippen LogP contribution in [-0.2, 0) is 11.3 Å². The fraction of sp³-hybridized carbons (Fsp3) is 0.294. The van der Waals surface area contributed by atoms with Crippen molar-refractivity contribution in [3.8, 4) is 11.5 Å². The highest BCUT2D eigenvalue weighted by Gasteiger charge is 2.22. The van der Waals surface area contributed by atoms with Crippen molar-refractivity contribution in [2.24, 2.45) is 0 Å². The quantitative estimate of drug-likeness (QED) is 0.836. The lowest BCUT2D eigenvalue weighted by molar-refractivity contribution is -0.137. The number of carboxylic acids is 1. The second kappa shape index (κ2) is 7.54. The van der Waals surface area contributed by atoms with E-state index in [-0.39, 0.29) is 12.3 Å². The summed E-state index contributed by atoms with van der Waals surface area (Å²) in [5, 5.41) is 9.09. The fourth-order valence-electron chi connectivity index (χ4n) is 2.25. The topological polar surface area (TPSA) is 89.2 Å². The van der Waals surface area contributed by atoms with Crippen LogP contribution in [0.15, 0.2) is 34.7 Å². The van der Waals surface area contributed by atoms with Crippen LogP contribution in [0.1, 0.15) is 21.9 Å². The SMILES string of the molecule is COc1cc(CN(CC(=O)O)C(=O)c2ccc(C)o2)cc(OC)c1. The molecule has 0 saturated heterocycles. The number of carbonyl (C=O) groups excluding carboxylic acids is 1. The normalized spacial score (nSPS) is 10.3. The van der Waals surface area contributed by atoms with Gasteiger partial charge in [-0.05, 0) is 36.8 Å². The van der Waals surface area contributed by atoms with Crippen molar-refractivity contribution in [1.29, 1.82) is 0 Å². The van der Waals surface area contributed by atoms with Crippen molar-refractivity contribution in [2.75, 3.05) is 20.8 Å². The predicted molar refractivity (Wildman–Crippen MR) is 85.4 cm³/mol. The van der Waals surface area contributed by atoms with Gasteiger partial charge in [-0.15, -0.1) is 0 Å². The Balaban J connectivity index is 2.28. The van der Waals surface area contributed by atoms with Gasteiger partial charge >= 0.3 is 5.97 Å². The van der Waals surface area contributed by atoms with E-state index in [9.17, 15) is 9.59 Å². The molecule has 0 aliphatic rings. The molecule has 128 valence electrons. The molecule has 1 N–H and O–H groups in total. The lowest BCUT2D eigenvalue weighted by Gasteiger charge is -2.20. The number of ether oxygens (including phenoxy) is 2. The van der Waals surface area contributed by atoms with Gasteiger partial charge in [-0.25, -0.2) is 0 Å². The second-order valence-corrected chi connectivity index (χ2v) is 5.19. The first-order valence-electron chi connectivity index (χ1n) is 7.22. The summed E-state index contributed by atoms with van der Waals surface area (Å²) in [5.41, 5.74) is 0.684. The molecule has 7 nitrogen and oxygen atoms in total. The van der Waals surface area contributed by atoms with Crippen LogP contribution >= 0.6 is 0 Å². The maximum atomic E-state index is 12.5. The molecular formula is C17H19NO6. The number of benzene rings is 1. The minimum Gasteiger partial charge on any atom is -0.497 e. The number of furan rings is 1. The largest absolute Gasteiger partial charge is 0.497 e. The Hall–Kier alpha value is -2.96. The lowest BCUT2D eigenvalue weighted by Crippen LogP contribution is -2.35. The Bertz CT molecular complexity index is 714. The van der Waals surface area contributed by atoms with Crippen molar-refractivity contribution in [3.05, 3.63) is 47.4 Å². The van der Waals surface area contributed by atoms with E-state index in [1.54, 1.807) is 31.2 Å². The van der Waals surface area contributed by atoms with Gasteiger partial charge in [0.2, 0.25) is 0 Å². The maximum absolute atomic E-state index is 12.5. The predicted octanol–water partition coefficient (Wildman–Crippen LogP) is 2.33. The van der Waals surface area contributed by atoms with E-state index >= 15 is 0 Å². The van der Waals surface area contributed by atoms with Gasteiger partial charge in [-0.2, -0.15) is 0 Å². The van der Waals surface area contributed by atoms with E-state index in [0.717, 1.165) is 0 Å². The Morgan fingerprint density at radius 1 is 1.12 bits per heavy atom. The minimum atomic E-state index is -1.11. The van der Waals surface area contributed by atoms with Crippen LogP contribution in [0.3, 0.4) is 0 Å². The van der Waals surface area contributed by atoms with Crippen molar-refractivity contribution in [3.63, 3.8) is 0 Å². The molecule has 1 heterocycles. The molecule has 0 saturated carbocycles. The summed E-state index contributed by atoms with van der Waals surface area (Å²) in [4.78, 5) is 24.8. The summed E-state index contributed by atoms with van der Waals surface area (Å²) >= 11 is 0. The van der Waals surface area contributed by atoms with Gasteiger partial charge in [0.05, 0.1) is 14.2 Å². The van der Waals surface area contributed by atoms with Gasteiger partial charge in [-0.3, -0.25) is 9.59 Å². The van der Waals surface area contributed by atoms with E-state index < -0.39 is 18.4 Å². The molecule has 1 aromatic heterocycles. The molecular weight excluding hydrogens is 314 g/mol. The Morgan fingerprint density at radius 2 is 1.75 bits per heavy atom. The van der Waals surface area contributed by atoms with Gasteiger partial charge < -0.3 is 23.9 Å². The van der Waals surface area contributed by atoms with Crippen molar-refractivity contribution in [2.45, 2.75) is 13.5 Å². The Morgan fingerprint density at radius 3 is 2.21 bits per heavy atom. The highest BCUT2D eigenvalue weighted by Crippen LogP contribution is 2.24. The number of hydrogen-bond donors (Lipinski definition) is 1. The highest BCUT2D eigenvalue weighted by molar-refractivity contribution is 5.93. The van der Waals surface area contributed by atoms with Crippen molar-refractivity contribution >= 4 is 11.9 Å². The van der Waals surface area contributed by atoms with Crippen LogP contribution in [0.4, 0.5) is 0 Å². The van der Waals surface area contributed by atoms with Crippen LogP contribution in [0.2, 0.25) is 0 Å². The number of carbonyl (C=O) groups is 2. The zero-order valence-electron chi connectivity index (χ0n) is 13.7. The van der Waals surface area contributed by atoms with Crippen molar-refractivity contribution < 1.29 is 28.6 Å². The molecule has 1 aromatic carbocycles. The number of carboxylic acid groups (broad SMARTS) is 1. The van der Waals surface area contributed by atoms with Crippen LogP contribution < -0.4 is 9.47 Å². The average molecular weight is 333 g/mol. The van der Waals surface area contributed by atoms with Crippen molar-refractivity contribution in [1.82, 2.24) is 4.90 Å². The third-order valence-electron chi connectivity index (χ3n) is 3.35. The number of hydrogen-bond acceptors (Lipinski definition) is 5. The van der Waals surface area contributed by atoms with Crippen LogP contribution in [-0.4, -0.2) is 42.6 Å². The molecule has 0 unspecified atom stereocenters. The highest BCUT2D eigenvalue weighted by atomic mass is 16.5. The summed E-state index contributed by atoms with van der Waals surface area (Å²) in [6.07, 6.45) is 0. The molecule has 7 heteroatoms. The molecule has 0 radical (unpaired) electrons. The number of amides is 1. The van der Waals surface area contributed by atoms with Gasteiger partial charge in [-0.1, -0.05) is 0 Å². The molecule has 0 atom stereocenters. The van der Waals surface area contributed by atoms with Crippen LogP contribution in [0.5, 0.6) is 11.5 Å². The van der Waals surface area contributed by atoms with E-state index in [2.05, 4.69) is 0 Å². The molecule has 2 rings (SSSR count). The summed E-state index contributed by atoms with van der Waals surface area (Å²) in [5.74, 6) is 0.191. The van der Waals surface area contributed by atoms with E-state index in [1.807, 2.05) is 0 Å². The van der Waals surface area contributed by atoms with Crippen LogP contribution in [0, 0.1) is 6.92 Å². The van der Waals surface area contributed by atoms with Gasteiger partial charge in [0.25, 0.3) is 5.91 Å². The molecule has 0 bridgehead atoms. The van der Waals surface area contributed by atoms with E-state index in [4.69, 9.17) is 19.0 Å². The zero-order chi connectivity index (χ0) is 17.7. The number of aliphatic carboxylic acids is 1. The summed E-state index contributed by atoms with van der Waals surface area (Å²) in [6, 6.07) is 8.32. The molecule has 0 spiro atoms. The summed E-state index contributed by atoms with van der Waals surface area (Å²) < 4.78 is 15.7. The lowest BCUT2D eigenvalue weighted by atomic mass is 10.1. The second-order valence-electron chi connectivity index (χ2n) is 5.19. The third-order valence-corrected chi connectivity index (χ3v) is 3.35. The first kappa shape index (κ1) is 17.4. The Labute approximate surface area is 139 Å². The number of aryl methyl sites for hydroxylation is 1. The molecule has 2 aromatic rings. The van der Waals surface area contributed by atoms with Gasteiger partial charge in [0.15, 0.2) is 5.76 Å². The zero-order valence-corrected chi connectivity index (χ0v) is 13.7. The average Bonchev–Trinajstić information content (AvgIpc) is 2.99. The fourth-order valence-corrected chi connectivity index (χ4v) is 2.25. The van der Waals surface area contributed by atoms with Crippen LogP contribution in [0.25, 0.3) is 0 Å². The molecule has 0 aliphatic carbocycles. The maximum Gasteiger partial charge on any atom is 0.323 e. The number of rotatable bonds is 7. The standard InChI is InChI=1S/C17H19NO6/c1-11-4-5-15(24-11)17(21)18(10-16(19)20)9-12-6-13(22-2)8-14(7-12)23-3/h4-8H,9-10H2,1-3H3,(H,19,20).